The van der Waals surface area contributed by atoms with Gasteiger partial charge in [-0.25, -0.2) is 4.39 Å². The van der Waals surface area contributed by atoms with E-state index in [1.54, 1.807) is 6.07 Å². The Morgan fingerprint density at radius 3 is 2.60 bits per heavy atom. The zero-order valence-corrected chi connectivity index (χ0v) is 9.60. The first-order chi connectivity index (χ1) is 7.16. The fraction of sp³-hybridized carbons (Fsp3) is 0.500. The average molecular weight is 228 g/mol. The third-order valence-electron chi connectivity index (χ3n) is 3.13. The van der Waals surface area contributed by atoms with Crippen LogP contribution in [0.15, 0.2) is 18.2 Å². The standard InChI is InChI=1S/C12H15ClFN/c1-15-6-4-9(5-7-15)10-2-3-12(14)11(13)8-10/h2-3,8-9H,4-7H2,1H3. The van der Waals surface area contributed by atoms with E-state index < -0.39 is 0 Å². The summed E-state index contributed by atoms with van der Waals surface area (Å²) >= 11 is 5.78. The molecule has 1 nitrogen and oxygen atoms in total. The summed E-state index contributed by atoms with van der Waals surface area (Å²) in [4.78, 5) is 2.32. The van der Waals surface area contributed by atoms with Crippen molar-refractivity contribution < 1.29 is 4.39 Å². The minimum atomic E-state index is -0.326. The van der Waals surface area contributed by atoms with Crippen LogP contribution in [-0.2, 0) is 0 Å². The van der Waals surface area contributed by atoms with Gasteiger partial charge in [-0.2, -0.15) is 0 Å². The van der Waals surface area contributed by atoms with E-state index in [9.17, 15) is 4.39 Å². The number of benzene rings is 1. The van der Waals surface area contributed by atoms with Gasteiger partial charge in [-0.15, -0.1) is 0 Å². The monoisotopic (exact) mass is 227 g/mol. The largest absolute Gasteiger partial charge is 0.306 e. The first-order valence-corrected chi connectivity index (χ1v) is 5.68. The van der Waals surface area contributed by atoms with Gasteiger partial charge in [-0.05, 0) is 56.6 Å². The Hall–Kier alpha value is -0.600. The van der Waals surface area contributed by atoms with E-state index in [0.717, 1.165) is 25.9 Å². The number of hydrogen-bond acceptors (Lipinski definition) is 1. The van der Waals surface area contributed by atoms with Crippen molar-refractivity contribution in [1.29, 1.82) is 0 Å². The highest BCUT2D eigenvalue weighted by Crippen LogP contribution is 2.29. The minimum absolute atomic E-state index is 0.242. The van der Waals surface area contributed by atoms with Gasteiger partial charge in [-0.1, -0.05) is 17.7 Å². The van der Waals surface area contributed by atoms with Gasteiger partial charge in [0, 0.05) is 0 Å². The van der Waals surface area contributed by atoms with E-state index >= 15 is 0 Å². The van der Waals surface area contributed by atoms with Crippen molar-refractivity contribution in [3.63, 3.8) is 0 Å². The number of hydrogen-bond donors (Lipinski definition) is 0. The van der Waals surface area contributed by atoms with E-state index in [2.05, 4.69) is 11.9 Å². The van der Waals surface area contributed by atoms with Crippen LogP contribution < -0.4 is 0 Å². The second kappa shape index (κ2) is 4.50. The summed E-state index contributed by atoms with van der Waals surface area (Å²) in [6.07, 6.45) is 2.27. The number of halogens is 2. The Bertz CT molecular complexity index is 345. The summed E-state index contributed by atoms with van der Waals surface area (Å²) in [7, 11) is 2.13. The Morgan fingerprint density at radius 2 is 2.00 bits per heavy atom. The Kier molecular flexibility index (Phi) is 3.27. The molecule has 15 heavy (non-hydrogen) atoms. The third kappa shape index (κ3) is 2.50. The number of rotatable bonds is 1. The van der Waals surface area contributed by atoms with Crippen LogP contribution >= 0.6 is 11.6 Å². The maximum Gasteiger partial charge on any atom is 0.141 e. The van der Waals surface area contributed by atoms with Crippen molar-refractivity contribution in [3.8, 4) is 0 Å². The van der Waals surface area contributed by atoms with Crippen LogP contribution in [0.4, 0.5) is 4.39 Å². The second-order valence-electron chi connectivity index (χ2n) is 4.25. The van der Waals surface area contributed by atoms with Crippen molar-refractivity contribution in [1.82, 2.24) is 4.90 Å². The fourth-order valence-electron chi connectivity index (χ4n) is 2.11. The molecule has 0 radical (unpaired) electrons. The molecule has 0 saturated carbocycles. The molecule has 1 saturated heterocycles. The predicted octanol–water partition coefficient (Wildman–Crippen LogP) is 3.29. The van der Waals surface area contributed by atoms with Crippen molar-refractivity contribution in [2.75, 3.05) is 20.1 Å². The smallest absolute Gasteiger partial charge is 0.141 e. The lowest BCUT2D eigenvalue weighted by Gasteiger charge is -2.29. The third-order valence-corrected chi connectivity index (χ3v) is 3.42. The second-order valence-corrected chi connectivity index (χ2v) is 4.66. The molecule has 0 aliphatic carbocycles. The van der Waals surface area contributed by atoms with Gasteiger partial charge in [-0.3, -0.25) is 0 Å². The maximum atomic E-state index is 13.0. The zero-order valence-electron chi connectivity index (χ0n) is 8.84. The van der Waals surface area contributed by atoms with E-state index in [1.165, 1.54) is 11.6 Å². The van der Waals surface area contributed by atoms with Crippen molar-refractivity contribution in [2.45, 2.75) is 18.8 Å². The van der Waals surface area contributed by atoms with Gasteiger partial charge in [0.05, 0.1) is 5.02 Å². The molecule has 3 heteroatoms. The van der Waals surface area contributed by atoms with Crippen molar-refractivity contribution >= 4 is 11.6 Å². The quantitative estimate of drug-likeness (QED) is 0.712. The van der Waals surface area contributed by atoms with Crippen LogP contribution in [0.3, 0.4) is 0 Å². The lowest BCUT2D eigenvalue weighted by molar-refractivity contribution is 0.255. The minimum Gasteiger partial charge on any atom is -0.306 e. The molecule has 0 atom stereocenters. The molecule has 82 valence electrons. The summed E-state index contributed by atoms with van der Waals surface area (Å²) < 4.78 is 13.0. The molecule has 0 unspecified atom stereocenters. The molecule has 0 amide bonds. The lowest BCUT2D eigenvalue weighted by atomic mass is 9.90. The average Bonchev–Trinajstić information content (AvgIpc) is 2.23. The first-order valence-electron chi connectivity index (χ1n) is 5.30. The molecule has 1 aliphatic heterocycles. The van der Waals surface area contributed by atoms with Gasteiger partial charge in [0.25, 0.3) is 0 Å². The summed E-state index contributed by atoms with van der Waals surface area (Å²) in [5.74, 6) is 0.215. The number of piperidine rings is 1. The highest BCUT2D eigenvalue weighted by Gasteiger charge is 2.18. The SMILES string of the molecule is CN1CCC(c2ccc(F)c(Cl)c2)CC1. The van der Waals surface area contributed by atoms with E-state index in [4.69, 9.17) is 11.6 Å². The molecule has 1 heterocycles. The normalized spacial score (nSPS) is 19.4. The van der Waals surface area contributed by atoms with Crippen LogP contribution in [-0.4, -0.2) is 25.0 Å². The number of likely N-dealkylation sites (tertiary alicyclic amines) is 1. The topological polar surface area (TPSA) is 3.24 Å². The summed E-state index contributed by atoms with van der Waals surface area (Å²) in [5, 5.41) is 0.242. The Balaban J connectivity index is 2.12. The van der Waals surface area contributed by atoms with Gasteiger partial charge < -0.3 is 4.90 Å². The van der Waals surface area contributed by atoms with E-state index in [-0.39, 0.29) is 10.8 Å². The van der Waals surface area contributed by atoms with Crippen LogP contribution in [0.1, 0.15) is 24.3 Å². The molecular weight excluding hydrogens is 213 g/mol. The molecule has 1 aromatic carbocycles. The molecule has 0 spiro atoms. The fourth-order valence-corrected chi connectivity index (χ4v) is 2.30. The number of nitrogens with zero attached hydrogens (tertiary/aromatic N) is 1. The van der Waals surface area contributed by atoms with Crippen molar-refractivity contribution in [2.24, 2.45) is 0 Å². The zero-order chi connectivity index (χ0) is 10.8. The van der Waals surface area contributed by atoms with Gasteiger partial charge in [0.1, 0.15) is 5.82 Å². The van der Waals surface area contributed by atoms with Crippen LogP contribution in [0.5, 0.6) is 0 Å². The summed E-state index contributed by atoms with van der Waals surface area (Å²) in [6.45, 7) is 2.22. The Labute approximate surface area is 94.8 Å². The molecule has 1 fully saturated rings. The predicted molar refractivity (Wildman–Crippen MR) is 60.9 cm³/mol. The molecule has 0 aromatic heterocycles. The highest BCUT2D eigenvalue weighted by atomic mass is 35.5. The van der Waals surface area contributed by atoms with Crippen LogP contribution in [0, 0.1) is 5.82 Å². The molecule has 1 aromatic rings. The molecule has 1 aliphatic rings. The molecule has 0 bridgehead atoms. The van der Waals surface area contributed by atoms with Crippen molar-refractivity contribution in [3.05, 3.63) is 34.6 Å². The van der Waals surface area contributed by atoms with E-state index in [1.807, 2.05) is 6.07 Å². The highest BCUT2D eigenvalue weighted by molar-refractivity contribution is 6.30. The van der Waals surface area contributed by atoms with Gasteiger partial charge in [0.2, 0.25) is 0 Å². The van der Waals surface area contributed by atoms with Crippen LogP contribution in [0.25, 0.3) is 0 Å². The lowest BCUT2D eigenvalue weighted by Crippen LogP contribution is -2.29. The van der Waals surface area contributed by atoms with Crippen LogP contribution in [0.2, 0.25) is 5.02 Å². The Morgan fingerprint density at radius 1 is 1.33 bits per heavy atom. The summed E-state index contributed by atoms with van der Waals surface area (Å²) in [6, 6.07) is 5.10. The maximum absolute atomic E-state index is 13.0. The molecule has 2 rings (SSSR count). The molecular formula is C12H15ClFN. The van der Waals surface area contributed by atoms with Gasteiger partial charge in [0.15, 0.2) is 0 Å². The van der Waals surface area contributed by atoms with Gasteiger partial charge >= 0.3 is 0 Å². The van der Waals surface area contributed by atoms with E-state index in [0.29, 0.717) is 5.92 Å². The summed E-state index contributed by atoms with van der Waals surface area (Å²) in [5.41, 5.74) is 1.18. The molecule has 0 N–H and O–H groups in total. The first kappa shape index (κ1) is 10.9.